The molecule has 0 amide bonds. The van der Waals surface area contributed by atoms with Crippen molar-refractivity contribution in [2.75, 3.05) is 0 Å². The molecule has 0 aromatic heterocycles. The Kier molecular flexibility index (Phi) is 5.42. The molecule has 0 N–H and O–H groups in total. The van der Waals surface area contributed by atoms with E-state index in [9.17, 15) is 4.39 Å². The number of halogens is 4. The minimum absolute atomic E-state index is 0.273. The molecular weight excluding hydrogens is 443 g/mol. The van der Waals surface area contributed by atoms with E-state index in [0.717, 1.165) is 26.7 Å². The molecule has 2 aromatic carbocycles. The number of hydrogen-bond donors (Lipinski definition) is 0. The lowest BCUT2D eigenvalue weighted by Gasteiger charge is -2.09. The number of hydrogen-bond acceptors (Lipinski definition) is 1. The van der Waals surface area contributed by atoms with E-state index in [2.05, 4.69) is 47.8 Å². The largest absolute Gasteiger partial charge is 0.489 e. The van der Waals surface area contributed by atoms with E-state index in [1.807, 2.05) is 24.3 Å². The second kappa shape index (κ2) is 6.86. The van der Waals surface area contributed by atoms with Crippen LogP contribution in [0, 0.1) is 5.82 Å². The lowest BCUT2D eigenvalue weighted by Crippen LogP contribution is -1.97. The molecule has 5 heteroatoms. The predicted molar refractivity (Wildman–Crippen MR) is 85.2 cm³/mol. The second-order valence-electron chi connectivity index (χ2n) is 3.95. The average molecular weight is 453 g/mol. The van der Waals surface area contributed by atoms with Crippen LogP contribution in [-0.2, 0) is 11.9 Å². The minimum Gasteiger partial charge on any atom is -0.489 e. The van der Waals surface area contributed by atoms with Gasteiger partial charge in [0.05, 0.1) is 0 Å². The third kappa shape index (κ3) is 4.29. The molecule has 0 heterocycles. The first-order valence-electron chi connectivity index (χ1n) is 5.50. The summed E-state index contributed by atoms with van der Waals surface area (Å²) in [6.07, 6.45) is 0. The summed E-state index contributed by atoms with van der Waals surface area (Å²) in [7, 11) is 0. The van der Waals surface area contributed by atoms with Crippen molar-refractivity contribution in [3.05, 3.63) is 62.3 Å². The Morgan fingerprint density at radius 3 is 2.53 bits per heavy atom. The highest BCUT2D eigenvalue weighted by molar-refractivity contribution is 9.11. The molecule has 0 aliphatic rings. The molecule has 2 rings (SSSR count). The van der Waals surface area contributed by atoms with Crippen LogP contribution in [0.25, 0.3) is 0 Å². The highest BCUT2D eigenvalue weighted by Gasteiger charge is 2.03. The summed E-state index contributed by atoms with van der Waals surface area (Å²) >= 11 is 10.1. The summed E-state index contributed by atoms with van der Waals surface area (Å²) in [6.45, 7) is 0.333. The summed E-state index contributed by atoms with van der Waals surface area (Å²) in [5.74, 6) is 0.489. The maximum atomic E-state index is 13.2. The molecule has 0 unspecified atom stereocenters. The molecule has 0 bridgehead atoms. The summed E-state index contributed by atoms with van der Waals surface area (Å²) in [5, 5.41) is 0.746. The van der Waals surface area contributed by atoms with E-state index in [0.29, 0.717) is 11.1 Å². The van der Waals surface area contributed by atoms with E-state index in [1.54, 1.807) is 0 Å². The van der Waals surface area contributed by atoms with Crippen LogP contribution in [0.2, 0.25) is 0 Å². The molecule has 2 aromatic rings. The Labute approximate surface area is 136 Å². The van der Waals surface area contributed by atoms with Gasteiger partial charge in [0, 0.05) is 14.3 Å². The standard InChI is InChI=1S/C14H10Br3FO/c15-7-10-5-13(1-2-14(10)17)19-8-9-3-11(16)6-12(18)4-9/h1-6H,7-8H2. The maximum Gasteiger partial charge on any atom is 0.124 e. The van der Waals surface area contributed by atoms with Crippen LogP contribution < -0.4 is 4.74 Å². The van der Waals surface area contributed by atoms with Crippen LogP contribution in [-0.4, -0.2) is 0 Å². The van der Waals surface area contributed by atoms with Gasteiger partial charge < -0.3 is 4.74 Å². The third-order valence-corrected chi connectivity index (χ3v) is 4.32. The van der Waals surface area contributed by atoms with Crippen LogP contribution >= 0.6 is 47.8 Å². The van der Waals surface area contributed by atoms with Gasteiger partial charge in [-0.2, -0.15) is 0 Å². The lowest BCUT2D eigenvalue weighted by atomic mass is 10.2. The Morgan fingerprint density at radius 1 is 1.05 bits per heavy atom. The van der Waals surface area contributed by atoms with E-state index >= 15 is 0 Å². The molecule has 100 valence electrons. The van der Waals surface area contributed by atoms with Gasteiger partial charge in [0.25, 0.3) is 0 Å². The number of ether oxygens (including phenoxy) is 1. The Balaban J connectivity index is 2.10. The molecule has 19 heavy (non-hydrogen) atoms. The van der Waals surface area contributed by atoms with Gasteiger partial charge in [0.15, 0.2) is 0 Å². The van der Waals surface area contributed by atoms with Gasteiger partial charge in [-0.25, -0.2) is 4.39 Å². The van der Waals surface area contributed by atoms with Gasteiger partial charge >= 0.3 is 0 Å². The van der Waals surface area contributed by atoms with Gasteiger partial charge in [-0.05, 0) is 47.5 Å². The number of benzene rings is 2. The maximum absolute atomic E-state index is 13.2. The smallest absolute Gasteiger partial charge is 0.124 e. The lowest BCUT2D eigenvalue weighted by molar-refractivity contribution is 0.305. The number of alkyl halides is 1. The Bertz CT molecular complexity index is 567. The highest BCUT2D eigenvalue weighted by atomic mass is 79.9. The highest BCUT2D eigenvalue weighted by Crippen LogP contribution is 2.25. The average Bonchev–Trinajstić information content (AvgIpc) is 2.36. The van der Waals surface area contributed by atoms with Crippen molar-refractivity contribution in [1.29, 1.82) is 0 Å². The first kappa shape index (κ1) is 15.0. The first-order valence-corrected chi connectivity index (χ1v) is 8.21. The van der Waals surface area contributed by atoms with Gasteiger partial charge in [-0.15, -0.1) is 0 Å². The van der Waals surface area contributed by atoms with Crippen LogP contribution in [0.15, 0.2) is 45.3 Å². The first-order chi connectivity index (χ1) is 9.08. The predicted octanol–water partition coefficient (Wildman–Crippen LogP) is 5.82. The van der Waals surface area contributed by atoms with Crippen molar-refractivity contribution in [3.8, 4) is 5.75 Å². The molecule has 0 radical (unpaired) electrons. The molecule has 0 atom stereocenters. The Morgan fingerprint density at radius 2 is 1.84 bits per heavy atom. The third-order valence-electron chi connectivity index (χ3n) is 2.49. The van der Waals surface area contributed by atoms with Crippen LogP contribution in [0.1, 0.15) is 11.1 Å². The van der Waals surface area contributed by atoms with Crippen LogP contribution in [0.5, 0.6) is 5.75 Å². The van der Waals surface area contributed by atoms with E-state index < -0.39 is 0 Å². The molecular formula is C14H10Br3FO. The normalized spacial score (nSPS) is 10.5. The fourth-order valence-corrected chi connectivity index (χ4v) is 3.34. The minimum atomic E-state index is -0.273. The summed E-state index contributed by atoms with van der Waals surface area (Å²) in [4.78, 5) is 0. The fourth-order valence-electron chi connectivity index (χ4n) is 1.60. The molecule has 0 saturated heterocycles. The van der Waals surface area contributed by atoms with Crippen molar-refractivity contribution in [2.24, 2.45) is 0 Å². The zero-order chi connectivity index (χ0) is 13.8. The molecule has 0 aliphatic heterocycles. The fraction of sp³-hybridized carbons (Fsp3) is 0.143. The summed E-state index contributed by atoms with van der Waals surface area (Å²) in [6, 6.07) is 10.5. The molecule has 0 spiro atoms. The monoisotopic (exact) mass is 450 g/mol. The van der Waals surface area contributed by atoms with Crippen molar-refractivity contribution in [2.45, 2.75) is 11.9 Å². The summed E-state index contributed by atoms with van der Waals surface area (Å²) in [5.41, 5.74) is 1.90. The van der Waals surface area contributed by atoms with Crippen molar-refractivity contribution < 1.29 is 9.13 Å². The Hall–Kier alpha value is -0.390. The van der Waals surface area contributed by atoms with Gasteiger partial charge in [-0.1, -0.05) is 47.8 Å². The zero-order valence-corrected chi connectivity index (χ0v) is 14.6. The van der Waals surface area contributed by atoms with E-state index in [4.69, 9.17) is 4.74 Å². The van der Waals surface area contributed by atoms with Gasteiger partial charge in [0.2, 0.25) is 0 Å². The number of rotatable bonds is 4. The van der Waals surface area contributed by atoms with E-state index in [1.165, 1.54) is 12.1 Å². The SMILES string of the molecule is Fc1cc(Br)cc(COc2ccc(Br)c(CBr)c2)c1. The van der Waals surface area contributed by atoms with Crippen molar-refractivity contribution in [1.82, 2.24) is 0 Å². The molecule has 0 fully saturated rings. The molecule has 0 saturated carbocycles. The second-order valence-corrected chi connectivity index (χ2v) is 6.28. The molecule has 1 nitrogen and oxygen atoms in total. The summed E-state index contributed by atoms with van der Waals surface area (Å²) < 4.78 is 20.6. The quantitative estimate of drug-likeness (QED) is 0.531. The topological polar surface area (TPSA) is 9.23 Å². The van der Waals surface area contributed by atoms with Crippen LogP contribution in [0.3, 0.4) is 0 Å². The van der Waals surface area contributed by atoms with Crippen molar-refractivity contribution in [3.63, 3.8) is 0 Å². The zero-order valence-electron chi connectivity index (χ0n) is 9.80. The van der Waals surface area contributed by atoms with Crippen LogP contribution in [0.4, 0.5) is 4.39 Å². The molecule has 0 aliphatic carbocycles. The van der Waals surface area contributed by atoms with E-state index in [-0.39, 0.29) is 5.82 Å². The van der Waals surface area contributed by atoms with Crippen molar-refractivity contribution >= 4 is 47.8 Å². The van der Waals surface area contributed by atoms with Gasteiger partial charge in [-0.3, -0.25) is 0 Å². The van der Waals surface area contributed by atoms with Gasteiger partial charge in [0.1, 0.15) is 18.2 Å².